The van der Waals surface area contributed by atoms with E-state index < -0.39 is 5.82 Å². The van der Waals surface area contributed by atoms with E-state index in [0.717, 1.165) is 0 Å². The number of terminal acetylenes is 1. The largest absolute Gasteiger partial charge is 0.294 e. The van der Waals surface area contributed by atoms with Gasteiger partial charge in [-0.05, 0) is 18.2 Å². The van der Waals surface area contributed by atoms with E-state index in [1.807, 2.05) is 0 Å². The summed E-state index contributed by atoms with van der Waals surface area (Å²) >= 11 is 3.18. The molecule has 72 valence electrons. The predicted molar refractivity (Wildman–Crippen MR) is 56.5 cm³/mol. The van der Waals surface area contributed by atoms with E-state index >= 15 is 0 Å². The maximum Gasteiger partial charge on any atom is 0.165 e. The molecule has 0 saturated carbocycles. The standard InChI is InChI=1S/C11H8BrFO/c1-2-3-4-11(14)9-7-8(13)5-6-10(9)12/h1,5-7H,3-4H2. The van der Waals surface area contributed by atoms with Crippen molar-refractivity contribution in [2.24, 2.45) is 0 Å². The summed E-state index contributed by atoms with van der Waals surface area (Å²) in [5.41, 5.74) is 0.347. The molecule has 0 saturated heterocycles. The van der Waals surface area contributed by atoms with E-state index in [-0.39, 0.29) is 12.2 Å². The highest BCUT2D eigenvalue weighted by Gasteiger charge is 2.09. The van der Waals surface area contributed by atoms with Crippen LogP contribution in [-0.4, -0.2) is 5.78 Å². The predicted octanol–water partition coefficient (Wildman–Crippen LogP) is 3.18. The lowest BCUT2D eigenvalue weighted by Gasteiger charge is -2.01. The van der Waals surface area contributed by atoms with E-state index in [1.54, 1.807) is 0 Å². The number of benzene rings is 1. The minimum Gasteiger partial charge on any atom is -0.294 e. The van der Waals surface area contributed by atoms with Crippen LogP contribution in [0, 0.1) is 18.2 Å². The number of hydrogen-bond donors (Lipinski definition) is 0. The van der Waals surface area contributed by atoms with E-state index in [0.29, 0.717) is 16.5 Å². The molecule has 0 unspecified atom stereocenters. The fourth-order valence-corrected chi connectivity index (χ4v) is 1.50. The van der Waals surface area contributed by atoms with Crippen LogP contribution in [0.5, 0.6) is 0 Å². The zero-order valence-corrected chi connectivity index (χ0v) is 8.97. The number of rotatable bonds is 3. The van der Waals surface area contributed by atoms with Crippen molar-refractivity contribution in [2.45, 2.75) is 12.8 Å². The molecular formula is C11H8BrFO. The van der Waals surface area contributed by atoms with Gasteiger partial charge in [-0.15, -0.1) is 12.3 Å². The Balaban J connectivity index is 2.90. The maximum atomic E-state index is 12.8. The van der Waals surface area contributed by atoms with Crippen LogP contribution in [0.2, 0.25) is 0 Å². The van der Waals surface area contributed by atoms with E-state index in [4.69, 9.17) is 6.42 Å². The summed E-state index contributed by atoms with van der Waals surface area (Å²) in [4.78, 5) is 11.5. The third-order valence-corrected chi connectivity index (χ3v) is 2.42. The SMILES string of the molecule is C#CCCC(=O)c1cc(F)ccc1Br. The molecule has 0 bridgehead atoms. The van der Waals surface area contributed by atoms with Crippen molar-refractivity contribution in [1.29, 1.82) is 0 Å². The summed E-state index contributed by atoms with van der Waals surface area (Å²) in [6, 6.07) is 4.02. The molecule has 0 heterocycles. The third kappa shape index (κ3) is 2.68. The molecule has 0 aromatic heterocycles. The summed E-state index contributed by atoms with van der Waals surface area (Å²) in [7, 11) is 0. The van der Waals surface area contributed by atoms with Crippen molar-refractivity contribution < 1.29 is 9.18 Å². The molecule has 0 aliphatic heterocycles. The molecule has 0 atom stereocenters. The quantitative estimate of drug-likeness (QED) is 0.598. The Hall–Kier alpha value is -1.14. The van der Waals surface area contributed by atoms with Gasteiger partial charge in [-0.2, -0.15) is 0 Å². The van der Waals surface area contributed by atoms with Gasteiger partial charge in [0.05, 0.1) is 0 Å². The summed E-state index contributed by atoms with van der Waals surface area (Å²) in [6.07, 6.45) is 5.66. The Kier molecular flexibility index (Phi) is 3.84. The zero-order chi connectivity index (χ0) is 10.6. The first kappa shape index (κ1) is 10.9. The molecular weight excluding hydrogens is 247 g/mol. The number of hydrogen-bond acceptors (Lipinski definition) is 1. The van der Waals surface area contributed by atoms with Crippen molar-refractivity contribution in [1.82, 2.24) is 0 Å². The summed E-state index contributed by atoms with van der Waals surface area (Å²) in [6.45, 7) is 0. The topological polar surface area (TPSA) is 17.1 Å². The van der Waals surface area contributed by atoms with E-state index in [9.17, 15) is 9.18 Å². The van der Waals surface area contributed by atoms with Crippen molar-refractivity contribution in [3.05, 3.63) is 34.1 Å². The van der Waals surface area contributed by atoms with Crippen LogP contribution < -0.4 is 0 Å². The molecule has 14 heavy (non-hydrogen) atoms. The second-order valence-corrected chi connectivity index (χ2v) is 3.61. The molecule has 1 nitrogen and oxygen atoms in total. The van der Waals surface area contributed by atoms with Crippen LogP contribution >= 0.6 is 15.9 Å². The molecule has 0 aliphatic rings. The molecule has 0 spiro atoms. The van der Waals surface area contributed by atoms with Crippen LogP contribution in [0.4, 0.5) is 4.39 Å². The molecule has 1 rings (SSSR count). The highest BCUT2D eigenvalue weighted by atomic mass is 79.9. The van der Waals surface area contributed by atoms with Crippen molar-refractivity contribution >= 4 is 21.7 Å². The molecule has 0 amide bonds. The minimum atomic E-state index is -0.419. The molecule has 1 aromatic rings. The molecule has 0 radical (unpaired) electrons. The van der Waals surface area contributed by atoms with Gasteiger partial charge in [0.2, 0.25) is 0 Å². The lowest BCUT2D eigenvalue weighted by atomic mass is 10.1. The number of ketones is 1. The first-order chi connectivity index (χ1) is 6.65. The van der Waals surface area contributed by atoms with Gasteiger partial charge >= 0.3 is 0 Å². The smallest absolute Gasteiger partial charge is 0.165 e. The number of halogens is 2. The Morgan fingerprint density at radius 3 is 2.93 bits per heavy atom. The summed E-state index contributed by atoms with van der Waals surface area (Å²) in [5.74, 6) is 1.81. The van der Waals surface area contributed by atoms with Crippen molar-refractivity contribution in [3.8, 4) is 12.3 Å². The van der Waals surface area contributed by atoms with Gasteiger partial charge in [-0.1, -0.05) is 15.9 Å². The highest BCUT2D eigenvalue weighted by molar-refractivity contribution is 9.10. The molecule has 3 heteroatoms. The van der Waals surface area contributed by atoms with Gasteiger partial charge in [-0.3, -0.25) is 4.79 Å². The molecule has 0 fully saturated rings. The Morgan fingerprint density at radius 2 is 2.29 bits per heavy atom. The maximum absolute atomic E-state index is 12.8. The first-order valence-corrected chi connectivity index (χ1v) is 4.86. The van der Waals surface area contributed by atoms with E-state index in [2.05, 4.69) is 21.9 Å². The third-order valence-electron chi connectivity index (χ3n) is 1.73. The average Bonchev–Trinajstić information content (AvgIpc) is 2.18. The lowest BCUT2D eigenvalue weighted by Crippen LogP contribution is -2.00. The Labute approximate surface area is 90.4 Å². The van der Waals surface area contributed by atoms with Gasteiger partial charge in [0, 0.05) is 22.9 Å². The molecule has 0 aliphatic carbocycles. The second-order valence-electron chi connectivity index (χ2n) is 2.75. The molecule has 1 aromatic carbocycles. The van der Waals surface area contributed by atoms with Gasteiger partial charge in [-0.25, -0.2) is 4.39 Å². The average molecular weight is 255 g/mol. The monoisotopic (exact) mass is 254 g/mol. The van der Waals surface area contributed by atoms with Crippen LogP contribution in [0.1, 0.15) is 23.2 Å². The minimum absolute atomic E-state index is 0.144. The van der Waals surface area contributed by atoms with Crippen LogP contribution in [0.3, 0.4) is 0 Å². The normalized spacial score (nSPS) is 9.50. The second kappa shape index (κ2) is 4.92. The first-order valence-electron chi connectivity index (χ1n) is 4.07. The van der Waals surface area contributed by atoms with Gasteiger partial charge in [0.1, 0.15) is 5.82 Å². The molecule has 0 N–H and O–H groups in total. The van der Waals surface area contributed by atoms with Crippen molar-refractivity contribution in [2.75, 3.05) is 0 Å². The van der Waals surface area contributed by atoms with Gasteiger partial charge in [0.25, 0.3) is 0 Å². The van der Waals surface area contributed by atoms with Gasteiger partial charge in [0.15, 0.2) is 5.78 Å². The van der Waals surface area contributed by atoms with Crippen molar-refractivity contribution in [3.63, 3.8) is 0 Å². The van der Waals surface area contributed by atoms with Crippen LogP contribution in [0.15, 0.2) is 22.7 Å². The number of carbonyl (C=O) groups excluding carboxylic acids is 1. The highest BCUT2D eigenvalue weighted by Crippen LogP contribution is 2.19. The Bertz CT molecular complexity index is 393. The summed E-state index contributed by atoms with van der Waals surface area (Å²) < 4.78 is 13.4. The van der Waals surface area contributed by atoms with Crippen LogP contribution in [0.25, 0.3) is 0 Å². The Morgan fingerprint density at radius 1 is 1.57 bits per heavy atom. The van der Waals surface area contributed by atoms with Crippen LogP contribution in [-0.2, 0) is 0 Å². The summed E-state index contributed by atoms with van der Waals surface area (Å²) in [5, 5.41) is 0. The zero-order valence-electron chi connectivity index (χ0n) is 7.39. The van der Waals surface area contributed by atoms with E-state index in [1.165, 1.54) is 18.2 Å². The fourth-order valence-electron chi connectivity index (χ4n) is 1.03. The fraction of sp³-hybridized carbons (Fsp3) is 0.182. The number of carbonyl (C=O) groups is 1. The number of Topliss-reactive ketones (excluding diaryl/α,β-unsaturated/α-hetero) is 1. The van der Waals surface area contributed by atoms with Gasteiger partial charge < -0.3 is 0 Å². The lowest BCUT2D eigenvalue weighted by molar-refractivity contribution is 0.0983.